The Morgan fingerprint density at radius 1 is 1.43 bits per heavy atom. The van der Waals surface area contributed by atoms with Gasteiger partial charge in [-0.2, -0.15) is 0 Å². The van der Waals surface area contributed by atoms with E-state index in [1.54, 1.807) is 0 Å². The van der Waals surface area contributed by atoms with Gasteiger partial charge >= 0.3 is 0 Å². The molecule has 1 aliphatic heterocycles. The molecule has 1 amide bonds. The molecule has 14 heavy (non-hydrogen) atoms. The molecule has 4 nitrogen and oxygen atoms in total. The lowest BCUT2D eigenvalue weighted by molar-refractivity contribution is -0.127. The van der Waals surface area contributed by atoms with Crippen LogP contribution in [0.15, 0.2) is 35.5 Å². The predicted octanol–water partition coefficient (Wildman–Crippen LogP) is 0.665. The van der Waals surface area contributed by atoms with Crippen LogP contribution in [0.3, 0.4) is 0 Å². The van der Waals surface area contributed by atoms with Crippen LogP contribution in [0.25, 0.3) is 0 Å². The van der Waals surface area contributed by atoms with Crippen molar-refractivity contribution in [3.63, 3.8) is 0 Å². The maximum Gasteiger partial charge on any atom is 0.261 e. The molecular formula is C10H10N2O2. The number of nitrogens with two attached hydrogens (primary N) is 1. The first-order valence-corrected chi connectivity index (χ1v) is 4.35. The van der Waals surface area contributed by atoms with Gasteiger partial charge in [0.1, 0.15) is 0 Å². The van der Waals surface area contributed by atoms with E-state index < -0.39 is 12.0 Å². The number of primary amides is 1. The predicted molar refractivity (Wildman–Crippen MR) is 51.7 cm³/mol. The Morgan fingerprint density at radius 3 is 2.71 bits per heavy atom. The highest BCUT2D eigenvalue weighted by atomic mass is 16.6. The second-order valence-corrected chi connectivity index (χ2v) is 3.10. The van der Waals surface area contributed by atoms with Gasteiger partial charge in [0, 0.05) is 6.42 Å². The van der Waals surface area contributed by atoms with E-state index in [-0.39, 0.29) is 0 Å². The Kier molecular flexibility index (Phi) is 2.18. The summed E-state index contributed by atoms with van der Waals surface area (Å²) in [5.41, 5.74) is 6.84. The van der Waals surface area contributed by atoms with E-state index in [1.807, 2.05) is 30.3 Å². The van der Waals surface area contributed by atoms with Gasteiger partial charge < -0.3 is 10.6 Å². The van der Waals surface area contributed by atoms with Crippen LogP contribution >= 0.6 is 0 Å². The Bertz CT molecular complexity index is 373. The summed E-state index contributed by atoms with van der Waals surface area (Å²) in [5, 5.41) is 3.82. The molecule has 0 aliphatic carbocycles. The molecule has 1 aromatic carbocycles. The maximum absolute atomic E-state index is 10.8. The highest BCUT2D eigenvalue weighted by Gasteiger charge is 2.26. The fraction of sp³-hybridized carbons (Fsp3) is 0.200. The normalized spacial score (nSPS) is 20.0. The molecule has 4 heteroatoms. The molecule has 1 aliphatic rings. The van der Waals surface area contributed by atoms with Gasteiger partial charge in [0.15, 0.2) is 0 Å². The number of hydrogen-bond donors (Lipinski definition) is 1. The topological polar surface area (TPSA) is 64.7 Å². The van der Waals surface area contributed by atoms with Gasteiger partial charge in [-0.05, 0) is 5.56 Å². The van der Waals surface area contributed by atoms with Gasteiger partial charge in [0.05, 0.1) is 5.71 Å². The molecule has 2 rings (SSSR count). The average molecular weight is 190 g/mol. The van der Waals surface area contributed by atoms with Crippen molar-refractivity contribution < 1.29 is 9.63 Å². The van der Waals surface area contributed by atoms with Crippen LogP contribution in [0.5, 0.6) is 0 Å². The van der Waals surface area contributed by atoms with E-state index in [2.05, 4.69) is 5.16 Å². The molecule has 0 unspecified atom stereocenters. The van der Waals surface area contributed by atoms with E-state index in [4.69, 9.17) is 10.6 Å². The summed E-state index contributed by atoms with van der Waals surface area (Å²) in [6.45, 7) is 0. The van der Waals surface area contributed by atoms with Gasteiger partial charge in [0.25, 0.3) is 5.91 Å². The van der Waals surface area contributed by atoms with Crippen molar-refractivity contribution in [1.29, 1.82) is 0 Å². The van der Waals surface area contributed by atoms with Crippen molar-refractivity contribution in [2.24, 2.45) is 10.9 Å². The minimum Gasteiger partial charge on any atom is -0.382 e. The first-order chi connectivity index (χ1) is 6.77. The molecular weight excluding hydrogens is 180 g/mol. The number of amides is 1. The zero-order valence-electron chi connectivity index (χ0n) is 7.51. The number of benzene rings is 1. The average Bonchev–Trinajstić information content (AvgIpc) is 2.68. The zero-order chi connectivity index (χ0) is 9.97. The number of hydrogen-bond acceptors (Lipinski definition) is 3. The van der Waals surface area contributed by atoms with Crippen LogP contribution in [0.2, 0.25) is 0 Å². The number of carbonyl (C=O) groups is 1. The molecule has 0 bridgehead atoms. The molecule has 1 aromatic rings. The SMILES string of the molecule is NC(=O)[C@H]1CC(c2ccccc2)=NO1. The zero-order valence-corrected chi connectivity index (χ0v) is 7.51. The molecule has 72 valence electrons. The van der Waals surface area contributed by atoms with Crippen molar-refractivity contribution in [3.05, 3.63) is 35.9 Å². The number of carbonyl (C=O) groups excluding carboxylic acids is 1. The molecule has 0 spiro atoms. The van der Waals surface area contributed by atoms with Crippen LogP contribution in [0.1, 0.15) is 12.0 Å². The van der Waals surface area contributed by atoms with E-state index in [1.165, 1.54) is 0 Å². The Hall–Kier alpha value is -1.84. The standard InChI is InChI=1S/C10H10N2O2/c11-10(13)9-6-8(12-14-9)7-4-2-1-3-5-7/h1-5,9H,6H2,(H2,11,13)/t9-/m1/s1. The molecule has 2 N–H and O–H groups in total. The maximum atomic E-state index is 10.8. The van der Waals surface area contributed by atoms with Crippen LogP contribution in [0, 0.1) is 0 Å². The van der Waals surface area contributed by atoms with Crippen molar-refractivity contribution in [3.8, 4) is 0 Å². The molecule has 0 saturated carbocycles. The van der Waals surface area contributed by atoms with Crippen molar-refractivity contribution in [1.82, 2.24) is 0 Å². The first kappa shape index (κ1) is 8.74. The smallest absolute Gasteiger partial charge is 0.261 e. The fourth-order valence-electron chi connectivity index (χ4n) is 1.33. The minimum absolute atomic E-state index is 0.458. The van der Waals surface area contributed by atoms with Gasteiger partial charge in [0.2, 0.25) is 6.10 Å². The van der Waals surface area contributed by atoms with Crippen molar-refractivity contribution in [2.45, 2.75) is 12.5 Å². The monoisotopic (exact) mass is 190 g/mol. The lowest BCUT2D eigenvalue weighted by Crippen LogP contribution is -2.28. The highest BCUT2D eigenvalue weighted by Crippen LogP contribution is 2.15. The molecule has 0 fully saturated rings. The summed E-state index contributed by atoms with van der Waals surface area (Å²) >= 11 is 0. The minimum atomic E-state index is -0.606. The third-order valence-corrected chi connectivity index (χ3v) is 2.09. The van der Waals surface area contributed by atoms with E-state index in [9.17, 15) is 4.79 Å². The van der Waals surface area contributed by atoms with E-state index >= 15 is 0 Å². The lowest BCUT2D eigenvalue weighted by atomic mass is 10.1. The summed E-state index contributed by atoms with van der Waals surface area (Å²) in [5.74, 6) is -0.473. The molecule has 1 heterocycles. The van der Waals surface area contributed by atoms with Gasteiger partial charge in [-0.25, -0.2) is 0 Å². The number of nitrogens with zero attached hydrogens (tertiary/aromatic N) is 1. The first-order valence-electron chi connectivity index (χ1n) is 4.35. The Morgan fingerprint density at radius 2 is 2.14 bits per heavy atom. The van der Waals surface area contributed by atoms with Crippen LogP contribution < -0.4 is 5.73 Å². The van der Waals surface area contributed by atoms with Crippen molar-refractivity contribution >= 4 is 11.6 Å². The molecule has 1 atom stereocenters. The summed E-state index contributed by atoms with van der Waals surface area (Å²) in [6, 6.07) is 9.59. The van der Waals surface area contributed by atoms with Crippen LogP contribution in [0.4, 0.5) is 0 Å². The van der Waals surface area contributed by atoms with Gasteiger partial charge in [-0.3, -0.25) is 4.79 Å². The number of oxime groups is 1. The second kappa shape index (κ2) is 3.49. The lowest BCUT2D eigenvalue weighted by Gasteiger charge is -2.00. The molecule has 0 aromatic heterocycles. The summed E-state index contributed by atoms with van der Waals surface area (Å²) < 4.78 is 0. The van der Waals surface area contributed by atoms with Gasteiger partial charge in [-0.1, -0.05) is 35.5 Å². The summed E-state index contributed by atoms with van der Waals surface area (Å²) in [7, 11) is 0. The van der Waals surface area contributed by atoms with E-state index in [0.29, 0.717) is 6.42 Å². The number of rotatable bonds is 2. The quantitative estimate of drug-likeness (QED) is 0.744. The largest absolute Gasteiger partial charge is 0.382 e. The summed E-state index contributed by atoms with van der Waals surface area (Å²) in [6.07, 6.45) is -0.149. The third kappa shape index (κ3) is 1.59. The highest BCUT2D eigenvalue weighted by molar-refractivity contribution is 6.03. The molecule has 0 radical (unpaired) electrons. The Labute approximate surface area is 81.3 Å². The molecule has 0 saturated heterocycles. The van der Waals surface area contributed by atoms with E-state index in [0.717, 1.165) is 11.3 Å². The third-order valence-electron chi connectivity index (χ3n) is 2.09. The van der Waals surface area contributed by atoms with Gasteiger partial charge in [-0.15, -0.1) is 0 Å². The second-order valence-electron chi connectivity index (χ2n) is 3.10. The van der Waals surface area contributed by atoms with Crippen LogP contribution in [-0.2, 0) is 9.63 Å². The summed E-state index contributed by atoms with van der Waals surface area (Å²) in [4.78, 5) is 15.7. The Balaban J connectivity index is 2.13. The fourth-order valence-corrected chi connectivity index (χ4v) is 1.33. The van der Waals surface area contributed by atoms with Crippen LogP contribution in [-0.4, -0.2) is 17.7 Å². The van der Waals surface area contributed by atoms with Crippen molar-refractivity contribution in [2.75, 3.05) is 0 Å².